The van der Waals surface area contributed by atoms with Gasteiger partial charge >= 0.3 is 11.9 Å². The number of carbonyl (C=O) groups excluding carboxylic acids is 4. The fourth-order valence-corrected chi connectivity index (χ4v) is 8.71. The minimum atomic E-state index is -4.01. The molecule has 0 radical (unpaired) electrons. The molecule has 0 aliphatic heterocycles. The van der Waals surface area contributed by atoms with Gasteiger partial charge in [0.15, 0.2) is 0 Å². The number of nitrogens with zero attached hydrogens (tertiary/aromatic N) is 1. The van der Waals surface area contributed by atoms with Crippen molar-refractivity contribution in [2.45, 2.75) is 69.2 Å². The first-order valence-electron chi connectivity index (χ1n) is 19.0. The average Bonchev–Trinajstić information content (AvgIpc) is 4.08. The summed E-state index contributed by atoms with van der Waals surface area (Å²) in [6.45, 7) is 2.48. The van der Waals surface area contributed by atoms with Crippen LogP contribution in [0.2, 0.25) is 0 Å². The first-order valence-corrected chi connectivity index (χ1v) is 20.4. The third kappa shape index (κ3) is 10.4. The average molecular weight is 798 g/mol. The second kappa shape index (κ2) is 18.6. The standard InChI is InChI=1S/C42H47N5O9S/c1-2-47(34-20-16-31(17-21-34)42(51)56-44)57(52,53)36-5-3-4-32(24-36)39(48)46-38-23-22-35(54-26-29-8-9-29)25-37(38)40(49)45-33-18-12-28(13-19-33)7-6-27-10-14-30(15-11-27)41(50)55-43/h3-5,10-15,18-19,22-25,29,31,34H,2,6-9,16-17,20-21,26,43-44H2,1H3,(H,45,49)(H,46,48). The van der Waals surface area contributed by atoms with Gasteiger partial charge in [-0.1, -0.05) is 37.3 Å². The maximum atomic E-state index is 13.9. The minimum absolute atomic E-state index is 0.0438. The van der Waals surface area contributed by atoms with Gasteiger partial charge in [0.05, 0.1) is 34.2 Å². The van der Waals surface area contributed by atoms with E-state index in [-0.39, 0.29) is 40.2 Å². The van der Waals surface area contributed by atoms with Crippen LogP contribution >= 0.6 is 0 Å². The van der Waals surface area contributed by atoms with Crippen molar-refractivity contribution in [1.82, 2.24) is 4.31 Å². The Morgan fingerprint density at radius 2 is 1.40 bits per heavy atom. The second-order valence-corrected chi connectivity index (χ2v) is 16.2. The van der Waals surface area contributed by atoms with Gasteiger partial charge in [-0.2, -0.15) is 16.1 Å². The van der Waals surface area contributed by atoms with Gasteiger partial charge in [0.2, 0.25) is 10.0 Å². The van der Waals surface area contributed by atoms with Gasteiger partial charge in [-0.25, -0.2) is 13.2 Å². The zero-order valence-electron chi connectivity index (χ0n) is 31.6. The molecule has 14 nitrogen and oxygen atoms in total. The molecule has 0 aromatic heterocycles. The molecule has 2 amide bonds. The SMILES string of the molecule is CCN(C1CCC(C(=O)ON)CC1)S(=O)(=O)c1cccc(C(=O)Nc2ccc(OCC3CC3)cc2C(=O)Nc2ccc(CCc3ccc(C(=O)ON)cc3)cc2)c1. The summed E-state index contributed by atoms with van der Waals surface area (Å²) >= 11 is 0. The molecule has 0 unspecified atom stereocenters. The van der Waals surface area contributed by atoms with Crippen LogP contribution in [0.25, 0.3) is 0 Å². The van der Waals surface area contributed by atoms with Crippen LogP contribution in [0.15, 0.2) is 95.9 Å². The quantitative estimate of drug-likeness (QED) is 0.0999. The molecule has 0 spiro atoms. The van der Waals surface area contributed by atoms with Crippen LogP contribution < -0.4 is 27.2 Å². The van der Waals surface area contributed by atoms with E-state index in [1.807, 2.05) is 24.3 Å². The second-order valence-electron chi connectivity index (χ2n) is 14.3. The summed E-state index contributed by atoms with van der Waals surface area (Å²) in [5.41, 5.74) is 3.45. The van der Waals surface area contributed by atoms with Crippen molar-refractivity contribution in [1.29, 1.82) is 0 Å². The van der Waals surface area contributed by atoms with E-state index < -0.39 is 33.8 Å². The summed E-state index contributed by atoms with van der Waals surface area (Å²) in [4.78, 5) is 59.6. The number of benzene rings is 4. The Labute approximate surface area is 331 Å². The summed E-state index contributed by atoms with van der Waals surface area (Å²) in [6.07, 6.45) is 5.47. The van der Waals surface area contributed by atoms with Gasteiger partial charge in [-0.15, -0.1) is 0 Å². The first-order chi connectivity index (χ1) is 27.5. The molecule has 6 rings (SSSR count). The zero-order valence-corrected chi connectivity index (χ0v) is 32.5. The van der Waals surface area contributed by atoms with Gasteiger partial charge in [0.25, 0.3) is 11.8 Å². The van der Waals surface area contributed by atoms with Crippen LogP contribution in [0.1, 0.15) is 87.6 Å². The number of anilines is 2. The lowest BCUT2D eigenvalue weighted by Crippen LogP contribution is -2.43. The van der Waals surface area contributed by atoms with Gasteiger partial charge in [-0.05, 0) is 129 Å². The number of sulfonamides is 1. The maximum absolute atomic E-state index is 13.9. The Hall–Kier alpha value is -5.61. The molecule has 0 heterocycles. The fourth-order valence-electron chi connectivity index (χ4n) is 6.97. The molecular formula is C42H47N5O9S. The predicted molar refractivity (Wildman–Crippen MR) is 212 cm³/mol. The van der Waals surface area contributed by atoms with Crippen LogP contribution in [-0.2, 0) is 37.3 Å². The number of nitrogens with one attached hydrogen (secondary N) is 2. The summed E-state index contributed by atoms with van der Waals surface area (Å²) in [7, 11) is -4.01. The lowest BCUT2D eigenvalue weighted by atomic mass is 9.86. The van der Waals surface area contributed by atoms with Crippen molar-refractivity contribution in [3.63, 3.8) is 0 Å². The van der Waals surface area contributed by atoms with Crippen molar-refractivity contribution >= 4 is 45.2 Å². The lowest BCUT2D eigenvalue weighted by Gasteiger charge is -2.34. The van der Waals surface area contributed by atoms with Gasteiger partial charge in [-0.3, -0.25) is 14.4 Å². The van der Waals surface area contributed by atoms with E-state index >= 15 is 0 Å². The molecule has 4 aromatic carbocycles. The van der Waals surface area contributed by atoms with Gasteiger partial charge < -0.3 is 25.0 Å². The highest BCUT2D eigenvalue weighted by atomic mass is 32.2. The molecule has 4 aromatic rings. The number of amides is 2. The van der Waals surface area contributed by atoms with Crippen LogP contribution in [0, 0.1) is 11.8 Å². The third-order valence-electron chi connectivity index (χ3n) is 10.4. The number of nitrogens with two attached hydrogens (primary N) is 2. The van der Waals surface area contributed by atoms with Crippen molar-refractivity contribution in [2.24, 2.45) is 23.6 Å². The predicted octanol–water partition coefficient (Wildman–Crippen LogP) is 5.78. The first kappa shape index (κ1) is 41.0. The molecule has 2 aliphatic carbocycles. The van der Waals surface area contributed by atoms with Crippen LogP contribution in [0.3, 0.4) is 0 Å². The molecule has 300 valence electrons. The Morgan fingerprint density at radius 1 is 0.737 bits per heavy atom. The molecular weight excluding hydrogens is 751 g/mol. The Bertz CT molecular complexity index is 2180. The minimum Gasteiger partial charge on any atom is -0.493 e. The van der Waals surface area contributed by atoms with E-state index in [0.29, 0.717) is 55.2 Å². The number of carbonyl (C=O) groups is 4. The van der Waals surface area contributed by atoms with E-state index in [0.717, 1.165) is 36.8 Å². The Morgan fingerprint density at radius 3 is 2.02 bits per heavy atom. The topological polar surface area (TPSA) is 209 Å². The summed E-state index contributed by atoms with van der Waals surface area (Å²) in [5, 5.41) is 5.72. The molecule has 0 saturated heterocycles. The monoisotopic (exact) mass is 797 g/mol. The van der Waals surface area contributed by atoms with Crippen molar-refractivity contribution in [2.75, 3.05) is 23.8 Å². The molecule has 2 fully saturated rings. The highest BCUT2D eigenvalue weighted by molar-refractivity contribution is 7.89. The largest absolute Gasteiger partial charge is 0.493 e. The molecule has 2 aliphatic rings. The number of ether oxygens (including phenoxy) is 1. The number of hydrogen-bond donors (Lipinski definition) is 4. The highest BCUT2D eigenvalue weighted by Gasteiger charge is 2.36. The maximum Gasteiger partial charge on any atom is 0.356 e. The van der Waals surface area contributed by atoms with Crippen LogP contribution in [-0.4, -0.2) is 55.7 Å². The summed E-state index contributed by atoms with van der Waals surface area (Å²) in [5.74, 6) is 8.43. The van der Waals surface area contributed by atoms with E-state index in [9.17, 15) is 27.6 Å². The van der Waals surface area contributed by atoms with Crippen LogP contribution in [0.5, 0.6) is 5.75 Å². The number of rotatable bonds is 16. The van der Waals surface area contributed by atoms with E-state index in [4.69, 9.17) is 16.5 Å². The molecule has 15 heteroatoms. The van der Waals surface area contributed by atoms with Crippen molar-refractivity contribution in [3.05, 3.63) is 119 Å². The van der Waals surface area contributed by atoms with E-state index in [2.05, 4.69) is 20.3 Å². The van der Waals surface area contributed by atoms with Gasteiger partial charge in [0.1, 0.15) is 5.75 Å². The van der Waals surface area contributed by atoms with Crippen LogP contribution in [0.4, 0.5) is 11.4 Å². The Balaban J connectivity index is 1.14. The molecule has 2 saturated carbocycles. The number of hydrogen-bond acceptors (Lipinski definition) is 11. The molecule has 0 bridgehead atoms. The summed E-state index contributed by atoms with van der Waals surface area (Å²) < 4.78 is 35.2. The van der Waals surface area contributed by atoms with Crippen molar-refractivity contribution < 1.29 is 42.0 Å². The Kier molecular flexibility index (Phi) is 13.4. The van der Waals surface area contributed by atoms with Crippen molar-refractivity contribution in [3.8, 4) is 5.75 Å². The van der Waals surface area contributed by atoms with E-state index in [1.54, 1.807) is 49.4 Å². The van der Waals surface area contributed by atoms with E-state index in [1.165, 1.54) is 28.6 Å². The third-order valence-corrected chi connectivity index (χ3v) is 12.5. The normalized spacial score (nSPS) is 16.7. The van der Waals surface area contributed by atoms with Gasteiger partial charge in [0, 0.05) is 23.8 Å². The summed E-state index contributed by atoms with van der Waals surface area (Å²) in [6, 6.07) is 24.8. The lowest BCUT2D eigenvalue weighted by molar-refractivity contribution is -0.150. The highest BCUT2D eigenvalue weighted by Crippen LogP contribution is 2.33. The molecule has 57 heavy (non-hydrogen) atoms. The zero-order chi connectivity index (χ0) is 40.5. The smallest absolute Gasteiger partial charge is 0.356 e. The molecule has 0 atom stereocenters. The molecule has 6 N–H and O–H groups in total. The fraction of sp³-hybridized carbons (Fsp3) is 0.333. The number of aryl methyl sites for hydroxylation is 2.